The molecule has 0 amide bonds. The first-order valence-electron chi connectivity index (χ1n) is 6.74. The maximum absolute atomic E-state index is 6.14. The van der Waals surface area contributed by atoms with Crippen LogP contribution in [0.15, 0.2) is 24.3 Å². The Labute approximate surface area is 111 Å². The van der Waals surface area contributed by atoms with Gasteiger partial charge in [0.15, 0.2) is 0 Å². The van der Waals surface area contributed by atoms with Gasteiger partial charge in [-0.25, -0.2) is 0 Å². The van der Waals surface area contributed by atoms with Crippen LogP contribution in [0.3, 0.4) is 0 Å². The van der Waals surface area contributed by atoms with E-state index in [1.165, 1.54) is 31.2 Å². The molecule has 0 spiro atoms. The van der Waals surface area contributed by atoms with Crippen molar-refractivity contribution in [1.82, 2.24) is 5.32 Å². The van der Waals surface area contributed by atoms with Crippen molar-refractivity contribution >= 4 is 11.6 Å². The van der Waals surface area contributed by atoms with Crippen molar-refractivity contribution in [3.8, 4) is 0 Å². The average molecular weight is 254 g/mol. The first-order chi connectivity index (χ1) is 8.27. The Morgan fingerprint density at radius 1 is 1.24 bits per heavy atom. The maximum atomic E-state index is 6.14. The SMILES string of the molecule is CCCNC(CC)CCCc1ccccc1Cl. The molecule has 0 aliphatic carbocycles. The van der Waals surface area contributed by atoms with Crippen LogP contribution in [-0.4, -0.2) is 12.6 Å². The number of aryl methyl sites for hydroxylation is 1. The van der Waals surface area contributed by atoms with Gasteiger partial charge in [-0.1, -0.05) is 43.6 Å². The van der Waals surface area contributed by atoms with Crippen molar-refractivity contribution in [2.24, 2.45) is 0 Å². The van der Waals surface area contributed by atoms with E-state index in [2.05, 4.69) is 31.3 Å². The van der Waals surface area contributed by atoms with Crippen LogP contribution < -0.4 is 5.32 Å². The van der Waals surface area contributed by atoms with Crippen LogP contribution >= 0.6 is 11.6 Å². The lowest BCUT2D eigenvalue weighted by Gasteiger charge is -2.16. The molecule has 0 saturated carbocycles. The van der Waals surface area contributed by atoms with Gasteiger partial charge in [-0.05, 0) is 50.3 Å². The fraction of sp³-hybridized carbons (Fsp3) is 0.600. The molecule has 0 saturated heterocycles. The van der Waals surface area contributed by atoms with Crippen LogP contribution in [-0.2, 0) is 6.42 Å². The van der Waals surface area contributed by atoms with Crippen molar-refractivity contribution < 1.29 is 0 Å². The zero-order valence-corrected chi connectivity index (χ0v) is 11.8. The van der Waals surface area contributed by atoms with E-state index in [9.17, 15) is 0 Å². The van der Waals surface area contributed by atoms with Crippen molar-refractivity contribution in [3.05, 3.63) is 34.9 Å². The van der Waals surface area contributed by atoms with Gasteiger partial charge in [0.2, 0.25) is 0 Å². The van der Waals surface area contributed by atoms with Gasteiger partial charge in [0.25, 0.3) is 0 Å². The number of benzene rings is 1. The highest BCUT2D eigenvalue weighted by atomic mass is 35.5. The van der Waals surface area contributed by atoms with Crippen LogP contribution in [0.5, 0.6) is 0 Å². The van der Waals surface area contributed by atoms with E-state index in [1.807, 2.05) is 12.1 Å². The van der Waals surface area contributed by atoms with E-state index in [-0.39, 0.29) is 0 Å². The number of nitrogens with one attached hydrogen (secondary N) is 1. The molecular weight excluding hydrogens is 230 g/mol. The maximum Gasteiger partial charge on any atom is 0.0437 e. The van der Waals surface area contributed by atoms with Crippen molar-refractivity contribution in [1.29, 1.82) is 0 Å². The molecule has 0 bridgehead atoms. The summed E-state index contributed by atoms with van der Waals surface area (Å²) in [5, 5.41) is 4.49. The monoisotopic (exact) mass is 253 g/mol. The lowest BCUT2D eigenvalue weighted by molar-refractivity contribution is 0.456. The van der Waals surface area contributed by atoms with Crippen molar-refractivity contribution in [3.63, 3.8) is 0 Å². The molecule has 0 fully saturated rings. The Kier molecular flexibility index (Phi) is 7.30. The first-order valence-corrected chi connectivity index (χ1v) is 7.12. The van der Waals surface area contributed by atoms with Gasteiger partial charge in [0.05, 0.1) is 0 Å². The van der Waals surface area contributed by atoms with Gasteiger partial charge in [-0.15, -0.1) is 0 Å². The summed E-state index contributed by atoms with van der Waals surface area (Å²) in [6.45, 7) is 5.59. The van der Waals surface area contributed by atoms with Gasteiger partial charge >= 0.3 is 0 Å². The van der Waals surface area contributed by atoms with E-state index >= 15 is 0 Å². The molecule has 1 rings (SSSR count). The summed E-state index contributed by atoms with van der Waals surface area (Å²) in [6, 6.07) is 8.82. The minimum absolute atomic E-state index is 0.664. The zero-order chi connectivity index (χ0) is 12.5. The van der Waals surface area contributed by atoms with Gasteiger partial charge in [0.1, 0.15) is 0 Å². The third kappa shape index (κ3) is 5.56. The van der Waals surface area contributed by atoms with E-state index < -0.39 is 0 Å². The summed E-state index contributed by atoms with van der Waals surface area (Å²) in [4.78, 5) is 0. The second-order valence-electron chi connectivity index (χ2n) is 4.54. The molecule has 1 N–H and O–H groups in total. The number of hydrogen-bond acceptors (Lipinski definition) is 1. The Balaban J connectivity index is 2.28. The van der Waals surface area contributed by atoms with Gasteiger partial charge in [-0.3, -0.25) is 0 Å². The molecule has 0 radical (unpaired) electrons. The summed E-state index contributed by atoms with van der Waals surface area (Å²) in [7, 11) is 0. The lowest BCUT2D eigenvalue weighted by Crippen LogP contribution is -2.29. The smallest absolute Gasteiger partial charge is 0.0437 e. The summed E-state index contributed by atoms with van der Waals surface area (Å²) >= 11 is 6.14. The lowest BCUT2D eigenvalue weighted by atomic mass is 10.0. The summed E-state index contributed by atoms with van der Waals surface area (Å²) in [5.41, 5.74) is 1.28. The molecular formula is C15H24ClN. The molecule has 17 heavy (non-hydrogen) atoms. The van der Waals surface area contributed by atoms with E-state index in [4.69, 9.17) is 11.6 Å². The number of halogens is 1. The molecule has 0 aromatic heterocycles. The van der Waals surface area contributed by atoms with Crippen molar-refractivity contribution in [2.45, 2.75) is 52.0 Å². The number of hydrogen-bond donors (Lipinski definition) is 1. The quantitative estimate of drug-likeness (QED) is 0.722. The molecule has 0 aliphatic heterocycles. The van der Waals surface area contributed by atoms with Crippen LogP contribution in [0.25, 0.3) is 0 Å². The third-order valence-corrected chi connectivity index (χ3v) is 3.50. The normalized spacial score (nSPS) is 12.6. The molecule has 0 heterocycles. The fourth-order valence-electron chi connectivity index (χ4n) is 2.04. The molecule has 1 aromatic carbocycles. The minimum atomic E-state index is 0.664. The standard InChI is InChI=1S/C15H24ClN/c1-3-12-17-14(4-2)10-7-9-13-8-5-6-11-15(13)16/h5-6,8,11,14,17H,3-4,7,9-10,12H2,1-2H3. The summed E-state index contributed by atoms with van der Waals surface area (Å²) in [5.74, 6) is 0. The molecule has 1 atom stereocenters. The molecule has 1 aromatic rings. The van der Waals surface area contributed by atoms with E-state index in [1.54, 1.807) is 0 Å². The molecule has 2 heteroatoms. The predicted molar refractivity (Wildman–Crippen MR) is 76.8 cm³/mol. The zero-order valence-electron chi connectivity index (χ0n) is 11.0. The summed E-state index contributed by atoms with van der Waals surface area (Å²) < 4.78 is 0. The van der Waals surface area contributed by atoms with Crippen LogP contribution in [0.4, 0.5) is 0 Å². The number of rotatable bonds is 8. The second kappa shape index (κ2) is 8.54. The van der Waals surface area contributed by atoms with E-state index in [0.717, 1.165) is 18.0 Å². The molecule has 96 valence electrons. The highest BCUT2D eigenvalue weighted by Gasteiger charge is 2.05. The molecule has 1 nitrogen and oxygen atoms in total. The molecule has 0 aliphatic rings. The van der Waals surface area contributed by atoms with Crippen molar-refractivity contribution in [2.75, 3.05) is 6.54 Å². The second-order valence-corrected chi connectivity index (χ2v) is 4.95. The topological polar surface area (TPSA) is 12.0 Å². The Hall–Kier alpha value is -0.530. The van der Waals surface area contributed by atoms with Gasteiger partial charge in [-0.2, -0.15) is 0 Å². The fourth-order valence-corrected chi connectivity index (χ4v) is 2.27. The highest BCUT2D eigenvalue weighted by Crippen LogP contribution is 2.17. The Bertz CT molecular complexity index is 312. The largest absolute Gasteiger partial charge is 0.314 e. The highest BCUT2D eigenvalue weighted by molar-refractivity contribution is 6.31. The Morgan fingerprint density at radius 3 is 2.65 bits per heavy atom. The molecule has 1 unspecified atom stereocenters. The Morgan fingerprint density at radius 2 is 2.00 bits per heavy atom. The van der Waals surface area contributed by atoms with E-state index in [0.29, 0.717) is 6.04 Å². The average Bonchev–Trinajstić information content (AvgIpc) is 2.35. The predicted octanol–water partition coefficient (Wildman–Crippen LogP) is 4.44. The minimum Gasteiger partial charge on any atom is -0.314 e. The van der Waals surface area contributed by atoms with Crippen LogP contribution in [0, 0.1) is 0 Å². The van der Waals surface area contributed by atoms with Gasteiger partial charge < -0.3 is 5.32 Å². The van der Waals surface area contributed by atoms with Crippen LogP contribution in [0.2, 0.25) is 5.02 Å². The third-order valence-electron chi connectivity index (χ3n) is 3.13. The first kappa shape index (κ1) is 14.5. The summed E-state index contributed by atoms with van der Waals surface area (Å²) in [6.07, 6.45) is 5.95. The van der Waals surface area contributed by atoms with Gasteiger partial charge in [0, 0.05) is 11.1 Å². The van der Waals surface area contributed by atoms with Crippen LogP contribution in [0.1, 0.15) is 45.1 Å².